The smallest absolute Gasteiger partial charge is 0.416 e. The van der Waals surface area contributed by atoms with E-state index >= 15 is 0 Å². The molecule has 3 rings (SSSR count). The van der Waals surface area contributed by atoms with E-state index in [2.05, 4.69) is 0 Å². The van der Waals surface area contributed by atoms with Gasteiger partial charge in [0.25, 0.3) is 5.91 Å². The number of halogens is 3. The zero-order valence-corrected chi connectivity index (χ0v) is 16.1. The summed E-state index contributed by atoms with van der Waals surface area (Å²) in [4.78, 5) is 28.6. The van der Waals surface area contributed by atoms with Crippen molar-refractivity contribution < 1.29 is 27.5 Å². The third-order valence-corrected chi connectivity index (χ3v) is 4.82. The molecule has 0 radical (unpaired) electrons. The van der Waals surface area contributed by atoms with Crippen molar-refractivity contribution in [2.24, 2.45) is 0 Å². The first-order chi connectivity index (χ1) is 13.7. The maximum atomic E-state index is 12.9. The monoisotopic (exact) mass is 406 g/mol. The van der Waals surface area contributed by atoms with Gasteiger partial charge in [-0.2, -0.15) is 13.2 Å². The number of piperazine rings is 1. The van der Waals surface area contributed by atoms with Gasteiger partial charge in [-0.15, -0.1) is 0 Å². The van der Waals surface area contributed by atoms with E-state index in [1.165, 1.54) is 4.90 Å². The fourth-order valence-corrected chi connectivity index (χ4v) is 3.28. The molecule has 0 bridgehead atoms. The van der Waals surface area contributed by atoms with Crippen molar-refractivity contribution in [1.29, 1.82) is 0 Å². The van der Waals surface area contributed by atoms with Crippen molar-refractivity contribution in [3.05, 3.63) is 59.7 Å². The van der Waals surface area contributed by atoms with E-state index in [4.69, 9.17) is 4.74 Å². The summed E-state index contributed by atoms with van der Waals surface area (Å²) in [5.41, 5.74) is -0.0314. The Kier molecular flexibility index (Phi) is 5.81. The van der Waals surface area contributed by atoms with Crippen molar-refractivity contribution in [3.63, 3.8) is 0 Å². The van der Waals surface area contributed by atoms with Crippen LogP contribution in [0.4, 0.5) is 18.9 Å². The molecule has 2 aromatic rings. The Morgan fingerprint density at radius 3 is 2.45 bits per heavy atom. The highest BCUT2D eigenvalue weighted by atomic mass is 19.4. The lowest BCUT2D eigenvalue weighted by atomic mass is 10.1. The molecule has 0 N–H and O–H groups in total. The van der Waals surface area contributed by atoms with E-state index in [-0.39, 0.29) is 24.6 Å². The van der Waals surface area contributed by atoms with Crippen molar-refractivity contribution in [2.75, 3.05) is 24.6 Å². The average Bonchev–Trinajstić information content (AvgIpc) is 2.69. The summed E-state index contributed by atoms with van der Waals surface area (Å²) in [6.45, 7) is 4.54. The topological polar surface area (TPSA) is 49.9 Å². The van der Waals surface area contributed by atoms with Crippen LogP contribution in [-0.4, -0.2) is 42.5 Å². The molecule has 0 aromatic heterocycles. The summed E-state index contributed by atoms with van der Waals surface area (Å²) in [6.07, 6.45) is -4.47. The van der Waals surface area contributed by atoms with Gasteiger partial charge in [-0.3, -0.25) is 9.59 Å². The van der Waals surface area contributed by atoms with Gasteiger partial charge in [0.05, 0.1) is 12.2 Å². The summed E-state index contributed by atoms with van der Waals surface area (Å²) >= 11 is 0. The highest BCUT2D eigenvalue weighted by molar-refractivity contribution is 6.03. The molecule has 1 heterocycles. The predicted octanol–water partition coefficient (Wildman–Crippen LogP) is 3.98. The maximum absolute atomic E-state index is 12.9. The molecular formula is C21H21F3N2O3. The third kappa shape index (κ3) is 4.36. The molecule has 29 heavy (non-hydrogen) atoms. The minimum Gasteiger partial charge on any atom is -0.494 e. The van der Waals surface area contributed by atoms with Crippen LogP contribution in [0, 0.1) is 0 Å². The van der Waals surface area contributed by atoms with Gasteiger partial charge >= 0.3 is 6.18 Å². The summed E-state index contributed by atoms with van der Waals surface area (Å²) in [5, 5.41) is 0. The standard InChI is InChI=1S/C21H21F3N2O3/c1-3-29-18-6-4-5-17(13-18)26-12-11-25(14(2)19(26)27)20(28)15-7-9-16(10-8-15)21(22,23)24/h4-10,13-14H,3,11-12H2,1-2H3/t14-/m0/s1. The molecular weight excluding hydrogens is 385 g/mol. The molecule has 8 heteroatoms. The number of hydrogen-bond donors (Lipinski definition) is 0. The van der Waals surface area contributed by atoms with E-state index in [0.717, 1.165) is 24.3 Å². The SMILES string of the molecule is CCOc1cccc(N2CCN(C(=O)c3ccc(C(F)(F)F)cc3)[C@@H](C)C2=O)c1. The number of benzene rings is 2. The first-order valence-corrected chi connectivity index (χ1v) is 9.25. The molecule has 1 atom stereocenters. The maximum Gasteiger partial charge on any atom is 0.416 e. The molecule has 2 aromatic carbocycles. The van der Waals surface area contributed by atoms with Crippen LogP contribution in [0.5, 0.6) is 5.75 Å². The minimum atomic E-state index is -4.47. The second kappa shape index (κ2) is 8.14. The lowest BCUT2D eigenvalue weighted by Gasteiger charge is -2.39. The Hall–Kier alpha value is -3.03. The number of anilines is 1. The number of rotatable bonds is 4. The van der Waals surface area contributed by atoms with Crippen molar-refractivity contribution in [2.45, 2.75) is 26.1 Å². The molecule has 2 amide bonds. The number of hydrogen-bond acceptors (Lipinski definition) is 3. The first kappa shape index (κ1) is 20.7. The van der Waals surface area contributed by atoms with Gasteiger partial charge in [0.2, 0.25) is 5.91 Å². The van der Waals surface area contributed by atoms with Crippen LogP contribution >= 0.6 is 0 Å². The molecule has 5 nitrogen and oxygen atoms in total. The zero-order valence-electron chi connectivity index (χ0n) is 16.1. The summed E-state index contributed by atoms with van der Waals surface area (Å²) in [7, 11) is 0. The molecule has 1 fully saturated rings. The first-order valence-electron chi connectivity index (χ1n) is 9.25. The Balaban J connectivity index is 1.75. The van der Waals surface area contributed by atoms with Crippen LogP contribution < -0.4 is 9.64 Å². The van der Waals surface area contributed by atoms with Crippen molar-refractivity contribution in [3.8, 4) is 5.75 Å². The van der Waals surface area contributed by atoms with Gasteiger partial charge in [0.1, 0.15) is 11.8 Å². The van der Waals surface area contributed by atoms with E-state index < -0.39 is 23.7 Å². The second-order valence-electron chi connectivity index (χ2n) is 6.67. The number of carbonyl (C=O) groups is 2. The van der Waals surface area contributed by atoms with Crippen LogP contribution in [0.3, 0.4) is 0 Å². The Bertz CT molecular complexity index is 897. The van der Waals surface area contributed by atoms with E-state index in [9.17, 15) is 22.8 Å². The van der Waals surface area contributed by atoms with Gasteiger partial charge in [-0.05, 0) is 50.2 Å². The number of alkyl halides is 3. The molecule has 0 saturated carbocycles. The van der Waals surface area contributed by atoms with Crippen LogP contribution in [-0.2, 0) is 11.0 Å². The minimum absolute atomic E-state index is 0.115. The van der Waals surface area contributed by atoms with E-state index in [1.54, 1.807) is 36.1 Å². The Morgan fingerprint density at radius 1 is 1.14 bits per heavy atom. The molecule has 1 saturated heterocycles. The fourth-order valence-electron chi connectivity index (χ4n) is 3.28. The normalized spacial score (nSPS) is 17.4. The Labute approximate surface area is 166 Å². The van der Waals surface area contributed by atoms with Gasteiger partial charge < -0.3 is 14.5 Å². The van der Waals surface area contributed by atoms with Gasteiger partial charge in [0, 0.05) is 30.4 Å². The second-order valence-corrected chi connectivity index (χ2v) is 6.67. The lowest BCUT2D eigenvalue weighted by molar-refractivity contribution is -0.137. The third-order valence-electron chi connectivity index (χ3n) is 4.82. The average molecular weight is 406 g/mol. The van der Waals surface area contributed by atoms with Crippen LogP contribution in [0.15, 0.2) is 48.5 Å². The number of amides is 2. The zero-order chi connectivity index (χ0) is 21.2. The van der Waals surface area contributed by atoms with Crippen LogP contribution in [0.1, 0.15) is 29.8 Å². The van der Waals surface area contributed by atoms with Crippen LogP contribution in [0.25, 0.3) is 0 Å². The largest absolute Gasteiger partial charge is 0.494 e. The molecule has 0 aliphatic carbocycles. The quantitative estimate of drug-likeness (QED) is 0.772. The highest BCUT2D eigenvalue weighted by Gasteiger charge is 2.36. The van der Waals surface area contributed by atoms with Gasteiger partial charge in [0.15, 0.2) is 0 Å². The Morgan fingerprint density at radius 2 is 1.83 bits per heavy atom. The molecule has 154 valence electrons. The van der Waals surface area contributed by atoms with Crippen molar-refractivity contribution >= 4 is 17.5 Å². The summed E-state index contributed by atoms with van der Waals surface area (Å²) < 4.78 is 43.6. The highest BCUT2D eigenvalue weighted by Crippen LogP contribution is 2.30. The van der Waals surface area contributed by atoms with E-state index in [1.807, 2.05) is 6.92 Å². The van der Waals surface area contributed by atoms with E-state index in [0.29, 0.717) is 18.0 Å². The summed E-state index contributed by atoms with van der Waals surface area (Å²) in [5.74, 6) is -0.0823. The van der Waals surface area contributed by atoms with Crippen molar-refractivity contribution in [1.82, 2.24) is 4.90 Å². The molecule has 1 aliphatic heterocycles. The van der Waals surface area contributed by atoms with Crippen LogP contribution in [0.2, 0.25) is 0 Å². The predicted molar refractivity (Wildman–Crippen MR) is 102 cm³/mol. The number of nitrogens with zero attached hydrogens (tertiary/aromatic N) is 2. The fraction of sp³-hybridized carbons (Fsp3) is 0.333. The number of carbonyl (C=O) groups excluding carboxylic acids is 2. The molecule has 0 unspecified atom stereocenters. The lowest BCUT2D eigenvalue weighted by Crippen LogP contribution is -2.57. The van der Waals surface area contributed by atoms with Gasteiger partial charge in [-0.1, -0.05) is 6.07 Å². The van der Waals surface area contributed by atoms with Gasteiger partial charge in [-0.25, -0.2) is 0 Å². The number of ether oxygens (including phenoxy) is 1. The molecule has 0 spiro atoms. The summed E-state index contributed by atoms with van der Waals surface area (Å²) in [6, 6.07) is 10.4. The molecule has 1 aliphatic rings.